The van der Waals surface area contributed by atoms with Gasteiger partial charge in [0, 0.05) is 4.90 Å². The third kappa shape index (κ3) is 2.60. The Morgan fingerprint density at radius 3 is 2.76 bits per heavy atom. The first kappa shape index (κ1) is 13.6. The molecule has 106 valence electrons. The van der Waals surface area contributed by atoms with Gasteiger partial charge in [0.15, 0.2) is 0 Å². The van der Waals surface area contributed by atoms with Crippen LogP contribution in [0.2, 0.25) is 0 Å². The molecule has 0 radical (unpaired) electrons. The summed E-state index contributed by atoms with van der Waals surface area (Å²) in [5, 5.41) is 10.8. The van der Waals surface area contributed by atoms with Gasteiger partial charge in [-0.1, -0.05) is 30.0 Å². The lowest BCUT2D eigenvalue weighted by molar-refractivity contribution is 0.413. The summed E-state index contributed by atoms with van der Waals surface area (Å²) in [5.74, 6) is 0.624. The fourth-order valence-electron chi connectivity index (χ4n) is 1.99. The molecule has 1 aromatic heterocycles. The van der Waals surface area contributed by atoms with Crippen molar-refractivity contribution in [1.29, 1.82) is 0 Å². The Morgan fingerprint density at radius 1 is 1.14 bits per heavy atom. The zero-order chi connectivity index (χ0) is 14.8. The van der Waals surface area contributed by atoms with Crippen molar-refractivity contribution >= 4 is 22.7 Å². The van der Waals surface area contributed by atoms with Crippen LogP contribution in [0.5, 0.6) is 11.5 Å². The summed E-state index contributed by atoms with van der Waals surface area (Å²) in [6.07, 6.45) is 0. The maximum Gasteiger partial charge on any atom is 0.354 e. The topological polar surface area (TPSA) is 59.7 Å². The number of hydrogen-bond donors (Lipinski definition) is 1. The molecule has 0 saturated carbocycles. The predicted molar refractivity (Wildman–Crippen MR) is 81.3 cm³/mol. The summed E-state index contributed by atoms with van der Waals surface area (Å²) in [5.41, 5.74) is -0.186. The van der Waals surface area contributed by atoms with E-state index in [1.807, 2.05) is 18.2 Å². The second kappa shape index (κ2) is 5.54. The Kier molecular flexibility index (Phi) is 3.58. The molecule has 0 spiro atoms. The van der Waals surface area contributed by atoms with Crippen LogP contribution in [0.15, 0.2) is 67.5 Å². The lowest BCUT2D eigenvalue weighted by Crippen LogP contribution is -2.02. The Morgan fingerprint density at radius 2 is 1.95 bits per heavy atom. The number of para-hydroxylation sites is 1. The summed E-state index contributed by atoms with van der Waals surface area (Å²) in [7, 11) is 1.58. The average Bonchev–Trinajstić information content (AvgIpc) is 2.51. The zero-order valence-electron chi connectivity index (χ0n) is 11.2. The molecule has 1 heterocycles. The summed E-state index contributed by atoms with van der Waals surface area (Å²) in [4.78, 5) is 13.0. The van der Waals surface area contributed by atoms with E-state index >= 15 is 0 Å². The van der Waals surface area contributed by atoms with Crippen molar-refractivity contribution < 1.29 is 14.3 Å². The van der Waals surface area contributed by atoms with E-state index in [1.165, 1.54) is 0 Å². The maximum atomic E-state index is 12.0. The van der Waals surface area contributed by atoms with Crippen molar-refractivity contribution in [2.75, 3.05) is 7.11 Å². The van der Waals surface area contributed by atoms with Gasteiger partial charge in [0.25, 0.3) is 0 Å². The van der Waals surface area contributed by atoms with Crippen LogP contribution in [0.1, 0.15) is 0 Å². The minimum atomic E-state index is -0.556. The standard InChI is InChI=1S/C16H12O4S/c1-19-10-5-4-6-11(9-10)21-15-14(17)12-7-2-3-8-13(12)20-16(15)18/h2-9,17H,1H3. The number of hydrogen-bond acceptors (Lipinski definition) is 5. The summed E-state index contributed by atoms with van der Waals surface area (Å²) in [6.45, 7) is 0. The van der Waals surface area contributed by atoms with Gasteiger partial charge in [0.2, 0.25) is 0 Å². The lowest BCUT2D eigenvalue weighted by atomic mass is 10.2. The molecule has 0 atom stereocenters. The number of aromatic hydroxyl groups is 1. The first-order chi connectivity index (χ1) is 10.2. The van der Waals surface area contributed by atoms with Gasteiger partial charge in [0.05, 0.1) is 12.5 Å². The highest BCUT2D eigenvalue weighted by atomic mass is 32.2. The lowest BCUT2D eigenvalue weighted by Gasteiger charge is -2.07. The van der Waals surface area contributed by atoms with Gasteiger partial charge in [-0.05, 0) is 30.3 Å². The molecule has 0 amide bonds. The van der Waals surface area contributed by atoms with Crippen LogP contribution in [-0.2, 0) is 0 Å². The first-order valence-corrected chi connectivity index (χ1v) is 7.07. The van der Waals surface area contributed by atoms with Crippen LogP contribution in [0.4, 0.5) is 0 Å². The smallest absolute Gasteiger partial charge is 0.354 e. The van der Waals surface area contributed by atoms with Crippen LogP contribution in [0.3, 0.4) is 0 Å². The van der Waals surface area contributed by atoms with Crippen molar-refractivity contribution in [2.24, 2.45) is 0 Å². The fraction of sp³-hybridized carbons (Fsp3) is 0.0625. The molecular weight excluding hydrogens is 288 g/mol. The summed E-state index contributed by atoms with van der Waals surface area (Å²) < 4.78 is 10.4. The third-order valence-electron chi connectivity index (χ3n) is 3.01. The van der Waals surface area contributed by atoms with E-state index in [0.717, 1.165) is 16.7 Å². The van der Waals surface area contributed by atoms with E-state index in [2.05, 4.69) is 0 Å². The molecule has 2 aromatic carbocycles. The highest BCUT2D eigenvalue weighted by Crippen LogP contribution is 2.37. The summed E-state index contributed by atoms with van der Waals surface area (Å²) in [6, 6.07) is 14.1. The monoisotopic (exact) mass is 300 g/mol. The van der Waals surface area contributed by atoms with Gasteiger partial charge >= 0.3 is 5.63 Å². The van der Waals surface area contributed by atoms with E-state index in [9.17, 15) is 9.90 Å². The molecule has 0 fully saturated rings. The van der Waals surface area contributed by atoms with Gasteiger partial charge in [-0.15, -0.1) is 0 Å². The Labute approximate surface area is 125 Å². The van der Waals surface area contributed by atoms with E-state index in [4.69, 9.17) is 9.15 Å². The number of fused-ring (bicyclic) bond motifs is 1. The molecule has 0 bridgehead atoms. The third-order valence-corrected chi connectivity index (χ3v) is 4.06. The van der Waals surface area contributed by atoms with Gasteiger partial charge in [-0.2, -0.15) is 0 Å². The molecule has 0 saturated heterocycles. The highest BCUT2D eigenvalue weighted by molar-refractivity contribution is 7.99. The van der Waals surface area contributed by atoms with E-state index < -0.39 is 5.63 Å². The molecule has 5 heteroatoms. The quantitative estimate of drug-likeness (QED) is 0.748. The molecule has 3 aromatic rings. The molecule has 0 unspecified atom stereocenters. The predicted octanol–water partition coefficient (Wildman–Crippen LogP) is 3.66. The van der Waals surface area contributed by atoms with Crippen LogP contribution in [-0.4, -0.2) is 12.2 Å². The maximum absolute atomic E-state index is 12.0. The fourth-order valence-corrected chi connectivity index (χ4v) is 2.88. The molecule has 21 heavy (non-hydrogen) atoms. The average molecular weight is 300 g/mol. The van der Waals surface area contributed by atoms with Crippen molar-refractivity contribution in [3.63, 3.8) is 0 Å². The Balaban J connectivity index is 2.10. The largest absolute Gasteiger partial charge is 0.506 e. The van der Waals surface area contributed by atoms with E-state index in [0.29, 0.717) is 16.7 Å². The normalized spacial score (nSPS) is 10.7. The first-order valence-electron chi connectivity index (χ1n) is 6.26. The Bertz CT molecular complexity index is 854. The van der Waals surface area contributed by atoms with Crippen molar-refractivity contribution in [3.8, 4) is 11.5 Å². The van der Waals surface area contributed by atoms with Crippen LogP contribution in [0, 0.1) is 0 Å². The van der Waals surface area contributed by atoms with Crippen LogP contribution >= 0.6 is 11.8 Å². The minimum absolute atomic E-state index is 0.0605. The SMILES string of the molecule is COc1cccc(Sc2c(O)c3ccccc3oc2=O)c1. The number of ether oxygens (including phenoxy) is 1. The molecule has 0 aliphatic carbocycles. The second-order valence-corrected chi connectivity index (χ2v) is 5.43. The number of rotatable bonds is 3. The summed E-state index contributed by atoms with van der Waals surface area (Å²) >= 11 is 1.15. The van der Waals surface area contributed by atoms with Crippen LogP contribution < -0.4 is 10.4 Å². The van der Waals surface area contributed by atoms with Crippen LogP contribution in [0.25, 0.3) is 11.0 Å². The molecule has 0 aliphatic rings. The zero-order valence-corrected chi connectivity index (χ0v) is 12.0. The van der Waals surface area contributed by atoms with Crippen molar-refractivity contribution in [1.82, 2.24) is 0 Å². The van der Waals surface area contributed by atoms with Crippen molar-refractivity contribution in [3.05, 3.63) is 59.0 Å². The van der Waals surface area contributed by atoms with Gasteiger partial charge < -0.3 is 14.3 Å². The highest BCUT2D eigenvalue weighted by Gasteiger charge is 2.15. The van der Waals surface area contributed by atoms with Crippen molar-refractivity contribution in [2.45, 2.75) is 9.79 Å². The number of benzene rings is 2. The molecule has 0 aliphatic heterocycles. The van der Waals surface area contributed by atoms with Gasteiger partial charge in [-0.3, -0.25) is 0 Å². The molecule has 3 rings (SSSR count). The van der Waals surface area contributed by atoms with E-state index in [-0.39, 0.29) is 10.6 Å². The van der Waals surface area contributed by atoms with Gasteiger partial charge in [-0.25, -0.2) is 4.79 Å². The Hall–Kier alpha value is -2.40. The second-order valence-electron chi connectivity index (χ2n) is 4.34. The van der Waals surface area contributed by atoms with Gasteiger partial charge in [0.1, 0.15) is 22.0 Å². The minimum Gasteiger partial charge on any atom is -0.506 e. The van der Waals surface area contributed by atoms with E-state index in [1.54, 1.807) is 37.4 Å². The molecule has 4 nitrogen and oxygen atoms in total. The number of methoxy groups -OCH3 is 1. The molecule has 1 N–H and O–H groups in total. The molecular formula is C16H12O4S.